The number of ether oxygens (including phenoxy) is 1. The van der Waals surface area contributed by atoms with Gasteiger partial charge in [0.2, 0.25) is 0 Å². The zero-order valence-corrected chi connectivity index (χ0v) is 16.0. The number of carbonyl (C=O) groups excluding carboxylic acids is 1. The highest BCUT2D eigenvalue weighted by Gasteiger charge is 2.30. The summed E-state index contributed by atoms with van der Waals surface area (Å²) < 4.78 is 5.62. The molecule has 0 spiro atoms. The number of benzene rings is 2. The normalized spacial score (nSPS) is 12.3. The summed E-state index contributed by atoms with van der Waals surface area (Å²) in [6, 6.07) is 16.3. The van der Waals surface area contributed by atoms with Gasteiger partial charge in [-0.2, -0.15) is 0 Å². The van der Waals surface area contributed by atoms with E-state index >= 15 is 0 Å². The summed E-state index contributed by atoms with van der Waals surface area (Å²) in [7, 11) is 0. The van der Waals surface area contributed by atoms with Gasteiger partial charge in [0.05, 0.1) is 6.20 Å². The fourth-order valence-electron chi connectivity index (χ4n) is 3.50. The molecule has 3 aromatic rings. The molecule has 1 aliphatic rings. The molecule has 6 nitrogen and oxygen atoms in total. The lowest BCUT2D eigenvalue weighted by atomic mass is 9.98. The van der Waals surface area contributed by atoms with Crippen LogP contribution in [-0.2, 0) is 4.74 Å². The molecule has 0 bridgehead atoms. The first-order chi connectivity index (χ1) is 13.6. The number of carboxylic acids is 1. The Hall–Kier alpha value is -3.19. The minimum absolute atomic E-state index is 0.0269. The quantitative estimate of drug-likeness (QED) is 0.683. The van der Waals surface area contributed by atoms with Crippen LogP contribution in [-0.4, -0.2) is 35.3 Å². The first-order valence-corrected chi connectivity index (χ1v) is 9.73. The highest BCUT2D eigenvalue weighted by Crippen LogP contribution is 2.44. The minimum atomic E-state index is -1.06. The fourth-order valence-corrected chi connectivity index (χ4v) is 4.31. The molecule has 7 heteroatoms. The number of hydrogen-bond acceptors (Lipinski definition) is 5. The molecule has 0 unspecified atom stereocenters. The largest absolute Gasteiger partial charge is 0.477 e. The van der Waals surface area contributed by atoms with Gasteiger partial charge in [-0.3, -0.25) is 4.90 Å². The molecular weight excluding hydrogens is 376 g/mol. The maximum atomic E-state index is 12.7. The molecule has 0 fully saturated rings. The van der Waals surface area contributed by atoms with Gasteiger partial charge in [0.25, 0.3) is 0 Å². The third-order valence-electron chi connectivity index (χ3n) is 4.81. The zero-order chi connectivity index (χ0) is 19.7. The van der Waals surface area contributed by atoms with Crippen molar-refractivity contribution in [2.24, 2.45) is 0 Å². The lowest BCUT2D eigenvalue weighted by molar-refractivity contribution is 0.0702. The van der Waals surface area contributed by atoms with Crippen LogP contribution >= 0.6 is 11.3 Å². The van der Waals surface area contributed by atoms with E-state index < -0.39 is 12.1 Å². The van der Waals surface area contributed by atoms with E-state index in [2.05, 4.69) is 29.2 Å². The number of hydrogen-bond donors (Lipinski definition) is 1. The molecule has 0 radical (unpaired) electrons. The van der Waals surface area contributed by atoms with Gasteiger partial charge >= 0.3 is 12.1 Å². The van der Waals surface area contributed by atoms with Crippen molar-refractivity contribution in [2.75, 3.05) is 18.1 Å². The second kappa shape index (κ2) is 7.44. The van der Waals surface area contributed by atoms with Crippen LogP contribution in [0.2, 0.25) is 0 Å². The molecule has 0 aliphatic heterocycles. The first kappa shape index (κ1) is 18.2. The SMILES string of the molecule is CCN(C(=O)OCC1c2ccccc2-c2ccccc21)c1ncc(C(=O)O)s1. The third kappa shape index (κ3) is 3.14. The molecule has 1 amide bonds. The van der Waals surface area contributed by atoms with Crippen molar-refractivity contribution in [2.45, 2.75) is 12.8 Å². The van der Waals surface area contributed by atoms with Crippen molar-refractivity contribution in [3.05, 3.63) is 70.7 Å². The van der Waals surface area contributed by atoms with E-state index in [1.807, 2.05) is 24.3 Å². The predicted octanol–water partition coefficient (Wildman–Crippen LogP) is 4.62. The lowest BCUT2D eigenvalue weighted by Gasteiger charge is -2.20. The van der Waals surface area contributed by atoms with Crippen LogP contribution in [0.25, 0.3) is 11.1 Å². The second-order valence-corrected chi connectivity index (χ2v) is 7.37. The molecule has 28 heavy (non-hydrogen) atoms. The Morgan fingerprint density at radius 3 is 2.25 bits per heavy atom. The minimum Gasteiger partial charge on any atom is -0.477 e. The van der Waals surface area contributed by atoms with E-state index in [0.717, 1.165) is 33.6 Å². The Balaban J connectivity index is 1.53. The highest BCUT2D eigenvalue weighted by atomic mass is 32.1. The van der Waals surface area contributed by atoms with Crippen molar-refractivity contribution >= 4 is 28.5 Å². The van der Waals surface area contributed by atoms with Crippen LogP contribution in [0, 0.1) is 0 Å². The van der Waals surface area contributed by atoms with Gasteiger partial charge in [0.1, 0.15) is 11.5 Å². The van der Waals surface area contributed by atoms with E-state index in [-0.39, 0.29) is 17.4 Å². The Labute approximate surface area is 166 Å². The van der Waals surface area contributed by atoms with E-state index in [0.29, 0.717) is 11.7 Å². The molecule has 1 aromatic heterocycles. The number of carbonyl (C=O) groups is 2. The monoisotopic (exact) mass is 394 g/mol. The van der Waals surface area contributed by atoms with E-state index in [4.69, 9.17) is 9.84 Å². The van der Waals surface area contributed by atoms with Crippen molar-refractivity contribution in [3.63, 3.8) is 0 Å². The number of fused-ring (bicyclic) bond motifs is 3. The predicted molar refractivity (Wildman–Crippen MR) is 107 cm³/mol. The van der Waals surface area contributed by atoms with Gasteiger partial charge < -0.3 is 9.84 Å². The molecule has 2 aromatic carbocycles. The number of amides is 1. The van der Waals surface area contributed by atoms with Crippen LogP contribution in [0.5, 0.6) is 0 Å². The standard InChI is InChI=1S/C21H18N2O4S/c1-2-23(20-22-11-18(28-20)19(24)25)21(26)27-12-17-15-9-5-3-7-13(15)14-8-4-6-10-16(14)17/h3-11,17H,2,12H2,1H3,(H,24,25). The number of aromatic carboxylic acids is 1. The van der Waals surface area contributed by atoms with Gasteiger partial charge in [-0.1, -0.05) is 59.9 Å². The molecule has 4 rings (SSSR count). The number of anilines is 1. The Morgan fingerprint density at radius 2 is 1.71 bits per heavy atom. The molecule has 142 valence electrons. The first-order valence-electron chi connectivity index (χ1n) is 8.91. The van der Waals surface area contributed by atoms with Crippen LogP contribution in [0.4, 0.5) is 9.93 Å². The summed E-state index contributed by atoms with van der Waals surface area (Å²) in [5.74, 6) is -1.09. The van der Waals surface area contributed by atoms with Crippen LogP contribution in [0.3, 0.4) is 0 Å². The number of thiazole rings is 1. The Morgan fingerprint density at radius 1 is 1.11 bits per heavy atom. The number of aromatic nitrogens is 1. The highest BCUT2D eigenvalue weighted by molar-refractivity contribution is 7.17. The smallest absolute Gasteiger partial charge is 0.416 e. The van der Waals surface area contributed by atoms with E-state index in [1.54, 1.807) is 6.92 Å². The molecule has 1 heterocycles. The summed E-state index contributed by atoms with van der Waals surface area (Å²) in [5, 5.41) is 9.38. The van der Waals surface area contributed by atoms with Gasteiger partial charge in [0.15, 0.2) is 5.13 Å². The summed E-state index contributed by atoms with van der Waals surface area (Å²) in [6.07, 6.45) is 0.720. The topological polar surface area (TPSA) is 79.7 Å². The molecule has 0 atom stereocenters. The Kier molecular flexibility index (Phi) is 4.83. The second-order valence-electron chi connectivity index (χ2n) is 6.36. The van der Waals surface area contributed by atoms with Gasteiger partial charge in [-0.25, -0.2) is 14.6 Å². The van der Waals surface area contributed by atoms with Crippen molar-refractivity contribution in [1.82, 2.24) is 4.98 Å². The number of carboxylic acid groups (broad SMARTS) is 1. The third-order valence-corrected chi connectivity index (χ3v) is 5.82. The molecular formula is C21H18N2O4S. The summed E-state index contributed by atoms with van der Waals surface area (Å²) in [5.41, 5.74) is 4.61. The van der Waals surface area contributed by atoms with Crippen LogP contribution < -0.4 is 4.90 Å². The molecule has 1 aliphatic carbocycles. The van der Waals surface area contributed by atoms with E-state index in [9.17, 15) is 9.59 Å². The van der Waals surface area contributed by atoms with Crippen molar-refractivity contribution in [3.8, 4) is 11.1 Å². The molecule has 0 saturated carbocycles. The fraction of sp³-hybridized carbons (Fsp3) is 0.190. The lowest BCUT2D eigenvalue weighted by Crippen LogP contribution is -2.32. The zero-order valence-electron chi connectivity index (χ0n) is 15.2. The molecule has 0 saturated heterocycles. The van der Waals surface area contributed by atoms with Gasteiger partial charge in [-0.05, 0) is 29.2 Å². The maximum Gasteiger partial charge on any atom is 0.416 e. The molecule has 1 N–H and O–H groups in total. The number of rotatable bonds is 5. The van der Waals surface area contributed by atoms with Crippen molar-refractivity contribution < 1.29 is 19.4 Å². The summed E-state index contributed by atoms with van der Waals surface area (Å²) in [4.78, 5) is 29.2. The van der Waals surface area contributed by atoms with Gasteiger partial charge in [0, 0.05) is 12.5 Å². The summed E-state index contributed by atoms with van der Waals surface area (Å²) in [6.45, 7) is 2.34. The Bertz CT molecular complexity index is 1000. The van der Waals surface area contributed by atoms with Gasteiger partial charge in [-0.15, -0.1) is 0 Å². The number of nitrogens with zero attached hydrogens (tertiary/aromatic N) is 2. The van der Waals surface area contributed by atoms with Crippen LogP contribution in [0.1, 0.15) is 33.6 Å². The maximum absolute atomic E-state index is 12.7. The average molecular weight is 394 g/mol. The average Bonchev–Trinajstić information content (AvgIpc) is 3.31. The summed E-state index contributed by atoms with van der Waals surface area (Å²) >= 11 is 0.952. The van der Waals surface area contributed by atoms with E-state index in [1.165, 1.54) is 11.1 Å². The van der Waals surface area contributed by atoms with Crippen LogP contribution in [0.15, 0.2) is 54.7 Å². The van der Waals surface area contributed by atoms with Crippen molar-refractivity contribution in [1.29, 1.82) is 0 Å².